The van der Waals surface area contributed by atoms with E-state index in [0.717, 1.165) is 11.8 Å². The third-order valence-electron chi connectivity index (χ3n) is 4.00. The van der Waals surface area contributed by atoms with Crippen LogP contribution in [0, 0.1) is 0 Å². The van der Waals surface area contributed by atoms with Crippen LogP contribution in [0.5, 0.6) is 0 Å². The third-order valence-corrected chi connectivity index (χ3v) is 5.16. The van der Waals surface area contributed by atoms with Gasteiger partial charge in [-0.1, -0.05) is 0 Å². The van der Waals surface area contributed by atoms with Gasteiger partial charge in [-0.25, -0.2) is 4.79 Å². The molecule has 1 saturated heterocycles. The summed E-state index contributed by atoms with van der Waals surface area (Å²) in [4.78, 5) is 23.0. The molecule has 0 aromatic carbocycles. The fraction of sp³-hybridized carbons (Fsp3) is 0.867. The van der Waals surface area contributed by atoms with Crippen molar-refractivity contribution in [2.24, 2.45) is 5.73 Å². The van der Waals surface area contributed by atoms with Crippen molar-refractivity contribution in [2.75, 3.05) is 12.3 Å². The lowest BCUT2D eigenvalue weighted by molar-refractivity contribution is -0.192. The molecule has 10 heteroatoms. The summed E-state index contributed by atoms with van der Waals surface area (Å²) in [5.41, 5.74) is 4.60. The molecule has 0 spiro atoms. The second-order valence-electron chi connectivity index (χ2n) is 6.04. The van der Waals surface area contributed by atoms with Gasteiger partial charge >= 0.3 is 5.97 Å². The largest absolute Gasteiger partial charge is 0.480 e. The predicted octanol–water partition coefficient (Wildman–Crippen LogP) is -1.36. The molecule has 25 heavy (non-hydrogen) atoms. The van der Waals surface area contributed by atoms with Crippen LogP contribution in [0.15, 0.2) is 0 Å². The van der Waals surface area contributed by atoms with E-state index in [1.54, 1.807) is 6.92 Å². The number of carbonyl (C=O) groups excluding carboxylic acids is 1. The number of aliphatic hydroxyl groups is 3. The molecule has 9 nitrogen and oxygen atoms in total. The monoisotopic (exact) mass is 380 g/mol. The van der Waals surface area contributed by atoms with E-state index in [1.807, 2.05) is 0 Å². The Balaban J connectivity index is 2.36. The zero-order valence-corrected chi connectivity index (χ0v) is 15.0. The SMILES string of the molecule is C[C@@H]1O[C@H](SCCC(=O)N[C@@H](CCCCN)C(=O)O)[C@@H](O)[C@H](O)[C@@H]1O. The number of hydrogen-bond acceptors (Lipinski definition) is 8. The molecular weight excluding hydrogens is 352 g/mol. The first-order chi connectivity index (χ1) is 11.8. The van der Waals surface area contributed by atoms with Crippen LogP contribution in [0.2, 0.25) is 0 Å². The van der Waals surface area contributed by atoms with Gasteiger partial charge in [0.05, 0.1) is 6.10 Å². The summed E-state index contributed by atoms with van der Waals surface area (Å²) in [6.45, 7) is 2.05. The standard InChI is InChI=1S/C15H28N2O7S/c1-8-11(19)12(20)13(21)15(24-8)25-7-5-10(18)17-9(14(22)23)4-2-3-6-16/h8-9,11-13,15,19-21H,2-7,16H2,1H3,(H,17,18)(H,22,23)/t8-,9-,11+,12+,13-,15+/m0/s1. The highest BCUT2D eigenvalue weighted by Gasteiger charge is 2.41. The topological polar surface area (TPSA) is 162 Å². The summed E-state index contributed by atoms with van der Waals surface area (Å²) in [5, 5.41) is 40.8. The third kappa shape index (κ3) is 7.08. The van der Waals surface area contributed by atoms with E-state index in [2.05, 4.69) is 5.32 Å². The molecule has 0 radical (unpaired) electrons. The first kappa shape index (κ1) is 22.1. The van der Waals surface area contributed by atoms with Crippen LogP contribution in [0.3, 0.4) is 0 Å². The second kappa shape index (κ2) is 10.9. The number of aliphatic carboxylic acids is 1. The van der Waals surface area contributed by atoms with Crippen LogP contribution in [-0.2, 0) is 14.3 Å². The van der Waals surface area contributed by atoms with Crippen molar-refractivity contribution in [1.29, 1.82) is 0 Å². The van der Waals surface area contributed by atoms with Gasteiger partial charge in [0.25, 0.3) is 0 Å². The normalized spacial score (nSPS) is 30.7. The number of amides is 1. The minimum absolute atomic E-state index is 0.0466. The van der Waals surface area contributed by atoms with Gasteiger partial charge in [-0.2, -0.15) is 0 Å². The molecule has 0 aliphatic carbocycles. The molecule has 1 heterocycles. The van der Waals surface area contributed by atoms with Gasteiger partial charge in [0.1, 0.15) is 29.8 Å². The number of rotatable bonds is 10. The van der Waals surface area contributed by atoms with Gasteiger partial charge in [-0.3, -0.25) is 4.79 Å². The minimum Gasteiger partial charge on any atom is -0.480 e. The van der Waals surface area contributed by atoms with Gasteiger partial charge in [-0.15, -0.1) is 11.8 Å². The van der Waals surface area contributed by atoms with Crippen LogP contribution in [0.25, 0.3) is 0 Å². The molecule has 0 saturated carbocycles. The number of hydrogen-bond donors (Lipinski definition) is 6. The maximum Gasteiger partial charge on any atom is 0.326 e. The summed E-state index contributed by atoms with van der Waals surface area (Å²) in [6.07, 6.45) is -2.70. The Morgan fingerprint density at radius 3 is 2.48 bits per heavy atom. The van der Waals surface area contributed by atoms with Gasteiger partial charge in [0.15, 0.2) is 0 Å². The van der Waals surface area contributed by atoms with Crippen LogP contribution in [0.4, 0.5) is 0 Å². The van der Waals surface area contributed by atoms with E-state index in [9.17, 15) is 24.9 Å². The van der Waals surface area contributed by atoms with Crippen molar-refractivity contribution in [1.82, 2.24) is 5.32 Å². The summed E-state index contributed by atoms with van der Waals surface area (Å²) in [6, 6.07) is -0.947. The molecule has 146 valence electrons. The maximum atomic E-state index is 11.9. The van der Waals surface area contributed by atoms with E-state index < -0.39 is 47.8 Å². The minimum atomic E-state index is -1.31. The van der Waals surface area contributed by atoms with Gasteiger partial charge in [0, 0.05) is 12.2 Å². The summed E-state index contributed by atoms with van der Waals surface area (Å²) in [5.74, 6) is -1.22. The number of nitrogens with two attached hydrogens (primary N) is 1. The number of carboxylic acid groups (broad SMARTS) is 1. The van der Waals surface area contributed by atoms with Crippen molar-refractivity contribution in [3.05, 3.63) is 0 Å². The van der Waals surface area contributed by atoms with E-state index >= 15 is 0 Å². The average molecular weight is 380 g/mol. The number of thioether (sulfide) groups is 1. The summed E-state index contributed by atoms with van der Waals surface area (Å²) >= 11 is 1.13. The number of carboxylic acids is 1. The zero-order valence-electron chi connectivity index (χ0n) is 14.2. The summed E-state index contributed by atoms with van der Waals surface area (Å²) < 4.78 is 5.41. The Bertz CT molecular complexity index is 440. The lowest BCUT2D eigenvalue weighted by Gasteiger charge is -2.38. The maximum absolute atomic E-state index is 11.9. The second-order valence-corrected chi connectivity index (χ2v) is 7.25. The summed E-state index contributed by atoms with van der Waals surface area (Å²) in [7, 11) is 0. The average Bonchev–Trinajstić information content (AvgIpc) is 2.56. The zero-order chi connectivity index (χ0) is 19.0. The highest BCUT2D eigenvalue weighted by molar-refractivity contribution is 7.99. The molecule has 0 bridgehead atoms. The van der Waals surface area contributed by atoms with E-state index in [0.29, 0.717) is 25.8 Å². The first-order valence-electron chi connectivity index (χ1n) is 8.31. The molecule has 6 atom stereocenters. The molecule has 1 aliphatic rings. The molecule has 0 unspecified atom stereocenters. The molecule has 1 rings (SSSR count). The molecular formula is C15H28N2O7S. The highest BCUT2D eigenvalue weighted by Crippen LogP contribution is 2.28. The number of nitrogens with one attached hydrogen (secondary N) is 1. The Labute approximate surface area is 150 Å². The van der Waals surface area contributed by atoms with Gasteiger partial charge in [-0.05, 0) is 32.7 Å². The Kier molecular flexibility index (Phi) is 9.69. The van der Waals surface area contributed by atoms with Crippen molar-refractivity contribution in [3.8, 4) is 0 Å². The Hall–Kier alpha value is -0.910. The quantitative estimate of drug-likeness (QED) is 0.251. The molecule has 7 N–H and O–H groups in total. The Morgan fingerprint density at radius 2 is 1.88 bits per heavy atom. The fourth-order valence-electron chi connectivity index (χ4n) is 2.44. The molecule has 1 aliphatic heterocycles. The molecule has 0 aromatic heterocycles. The van der Waals surface area contributed by atoms with E-state index in [1.165, 1.54) is 0 Å². The van der Waals surface area contributed by atoms with Crippen LogP contribution < -0.4 is 11.1 Å². The van der Waals surface area contributed by atoms with E-state index in [4.69, 9.17) is 15.6 Å². The molecule has 0 aromatic rings. The van der Waals surface area contributed by atoms with Crippen molar-refractivity contribution < 1.29 is 34.8 Å². The first-order valence-corrected chi connectivity index (χ1v) is 9.36. The van der Waals surface area contributed by atoms with Crippen LogP contribution >= 0.6 is 11.8 Å². The van der Waals surface area contributed by atoms with E-state index in [-0.39, 0.29) is 12.2 Å². The number of aliphatic hydroxyl groups excluding tert-OH is 3. The van der Waals surface area contributed by atoms with Crippen molar-refractivity contribution >= 4 is 23.6 Å². The number of unbranched alkanes of at least 4 members (excludes halogenated alkanes) is 1. The lowest BCUT2D eigenvalue weighted by atomic mass is 10.0. The van der Waals surface area contributed by atoms with Gasteiger partial charge < -0.3 is 36.2 Å². The van der Waals surface area contributed by atoms with Crippen molar-refractivity contribution in [3.63, 3.8) is 0 Å². The van der Waals surface area contributed by atoms with Crippen LogP contribution in [0.1, 0.15) is 32.6 Å². The van der Waals surface area contributed by atoms with Crippen molar-refractivity contribution in [2.45, 2.75) is 68.5 Å². The highest BCUT2D eigenvalue weighted by atomic mass is 32.2. The van der Waals surface area contributed by atoms with Gasteiger partial charge in [0.2, 0.25) is 5.91 Å². The van der Waals surface area contributed by atoms with Crippen LogP contribution in [-0.4, -0.2) is 80.5 Å². The predicted molar refractivity (Wildman–Crippen MR) is 91.9 cm³/mol. The number of carbonyl (C=O) groups is 2. The fourth-order valence-corrected chi connectivity index (χ4v) is 3.58. The molecule has 1 amide bonds. The smallest absolute Gasteiger partial charge is 0.326 e. The molecule has 1 fully saturated rings. The lowest BCUT2D eigenvalue weighted by Crippen LogP contribution is -2.55. The Morgan fingerprint density at radius 1 is 1.20 bits per heavy atom. The number of ether oxygens (including phenoxy) is 1.